The number of aromatic nitrogens is 2. The highest BCUT2D eigenvalue weighted by molar-refractivity contribution is 5.31. The number of aryl methyl sites for hydroxylation is 2. The molecule has 0 radical (unpaired) electrons. The van der Waals surface area contributed by atoms with Gasteiger partial charge in [0.15, 0.2) is 0 Å². The van der Waals surface area contributed by atoms with Crippen molar-refractivity contribution >= 4 is 0 Å². The highest BCUT2D eigenvalue weighted by Crippen LogP contribution is 2.16. The molecule has 2 aromatic rings. The molecule has 1 atom stereocenters. The summed E-state index contributed by atoms with van der Waals surface area (Å²) in [6, 6.07) is 7.79. The van der Waals surface area contributed by atoms with E-state index < -0.39 is 6.10 Å². The average molecular weight is 246 g/mol. The van der Waals surface area contributed by atoms with Gasteiger partial charge in [-0.25, -0.2) is 4.98 Å². The highest BCUT2D eigenvalue weighted by Gasteiger charge is 2.08. The molecule has 1 N–H and O–H groups in total. The van der Waals surface area contributed by atoms with Gasteiger partial charge in [-0.3, -0.25) is 0 Å². The van der Waals surface area contributed by atoms with E-state index in [4.69, 9.17) is 4.74 Å². The number of hydrogen-bond donors (Lipinski definition) is 1. The van der Waals surface area contributed by atoms with Crippen molar-refractivity contribution in [2.24, 2.45) is 0 Å². The Bertz CT molecular complexity index is 508. The molecule has 0 saturated heterocycles. The van der Waals surface area contributed by atoms with Crippen LogP contribution in [0.4, 0.5) is 0 Å². The Labute approximate surface area is 107 Å². The summed E-state index contributed by atoms with van der Waals surface area (Å²) in [6.07, 6.45) is 3.04. The second kappa shape index (κ2) is 5.69. The van der Waals surface area contributed by atoms with Crippen LogP contribution in [0.25, 0.3) is 0 Å². The van der Waals surface area contributed by atoms with Gasteiger partial charge in [-0.1, -0.05) is 18.2 Å². The smallest absolute Gasteiger partial charge is 0.122 e. The van der Waals surface area contributed by atoms with Crippen LogP contribution in [-0.2, 0) is 6.54 Å². The van der Waals surface area contributed by atoms with Crippen LogP contribution in [0.1, 0.15) is 11.4 Å². The van der Waals surface area contributed by atoms with Crippen LogP contribution in [-0.4, -0.2) is 27.4 Å². The van der Waals surface area contributed by atoms with Crippen LogP contribution in [0.5, 0.6) is 5.75 Å². The fourth-order valence-corrected chi connectivity index (χ4v) is 1.78. The van der Waals surface area contributed by atoms with Crippen LogP contribution < -0.4 is 4.74 Å². The second-order valence-electron chi connectivity index (χ2n) is 4.36. The zero-order valence-corrected chi connectivity index (χ0v) is 10.7. The van der Waals surface area contributed by atoms with Gasteiger partial charge in [0.05, 0.1) is 6.54 Å². The Morgan fingerprint density at radius 2 is 2.11 bits per heavy atom. The summed E-state index contributed by atoms with van der Waals surface area (Å²) in [4.78, 5) is 4.11. The number of nitrogens with zero attached hydrogens (tertiary/aromatic N) is 2. The second-order valence-corrected chi connectivity index (χ2v) is 4.36. The van der Waals surface area contributed by atoms with Crippen molar-refractivity contribution in [1.29, 1.82) is 0 Å². The third-order valence-electron chi connectivity index (χ3n) is 2.86. The normalized spacial score (nSPS) is 12.4. The maximum absolute atomic E-state index is 9.92. The van der Waals surface area contributed by atoms with Gasteiger partial charge >= 0.3 is 0 Å². The Morgan fingerprint density at radius 1 is 1.33 bits per heavy atom. The molecule has 18 heavy (non-hydrogen) atoms. The summed E-state index contributed by atoms with van der Waals surface area (Å²) in [7, 11) is 0. The van der Waals surface area contributed by atoms with Crippen molar-refractivity contribution in [1.82, 2.24) is 9.55 Å². The number of benzene rings is 1. The SMILES string of the molecule is Cc1ccccc1OCC(O)Cn1ccnc1C. The van der Waals surface area contributed by atoms with E-state index in [1.807, 2.05) is 48.9 Å². The third kappa shape index (κ3) is 3.11. The van der Waals surface area contributed by atoms with Crippen molar-refractivity contribution in [2.75, 3.05) is 6.61 Å². The number of ether oxygens (including phenoxy) is 1. The van der Waals surface area contributed by atoms with Gasteiger partial charge in [-0.2, -0.15) is 0 Å². The van der Waals surface area contributed by atoms with Gasteiger partial charge < -0.3 is 14.4 Å². The van der Waals surface area contributed by atoms with E-state index in [1.54, 1.807) is 6.20 Å². The molecule has 96 valence electrons. The quantitative estimate of drug-likeness (QED) is 0.877. The zero-order valence-electron chi connectivity index (χ0n) is 10.7. The van der Waals surface area contributed by atoms with E-state index in [0.29, 0.717) is 6.54 Å². The van der Waals surface area contributed by atoms with Crippen LogP contribution >= 0.6 is 0 Å². The predicted octanol–water partition coefficient (Wildman–Crippen LogP) is 1.94. The summed E-state index contributed by atoms with van der Waals surface area (Å²) >= 11 is 0. The van der Waals surface area contributed by atoms with E-state index in [9.17, 15) is 5.11 Å². The van der Waals surface area contributed by atoms with Crippen molar-refractivity contribution in [3.63, 3.8) is 0 Å². The maximum atomic E-state index is 9.92. The number of aliphatic hydroxyl groups is 1. The third-order valence-corrected chi connectivity index (χ3v) is 2.86. The number of aliphatic hydroxyl groups excluding tert-OH is 1. The lowest BCUT2D eigenvalue weighted by Gasteiger charge is -2.15. The number of imidazole rings is 1. The molecule has 0 aliphatic rings. The molecule has 1 aromatic heterocycles. The van der Waals surface area contributed by atoms with E-state index in [2.05, 4.69) is 4.98 Å². The molecular formula is C14H18N2O2. The molecule has 0 spiro atoms. The first-order valence-corrected chi connectivity index (χ1v) is 6.01. The molecule has 1 heterocycles. The molecule has 0 fully saturated rings. The Morgan fingerprint density at radius 3 is 2.78 bits per heavy atom. The fraction of sp³-hybridized carbons (Fsp3) is 0.357. The minimum absolute atomic E-state index is 0.280. The van der Waals surface area contributed by atoms with Gasteiger partial charge in [0.1, 0.15) is 24.3 Å². The van der Waals surface area contributed by atoms with Gasteiger partial charge in [0.25, 0.3) is 0 Å². The first-order valence-electron chi connectivity index (χ1n) is 6.01. The minimum Gasteiger partial charge on any atom is -0.491 e. The average Bonchev–Trinajstić information content (AvgIpc) is 2.74. The van der Waals surface area contributed by atoms with Gasteiger partial charge in [-0.15, -0.1) is 0 Å². The Kier molecular flexibility index (Phi) is 3.99. The van der Waals surface area contributed by atoms with Crippen molar-refractivity contribution < 1.29 is 9.84 Å². The maximum Gasteiger partial charge on any atom is 0.122 e. The largest absolute Gasteiger partial charge is 0.491 e. The van der Waals surface area contributed by atoms with E-state index in [0.717, 1.165) is 17.1 Å². The lowest BCUT2D eigenvalue weighted by Crippen LogP contribution is -2.24. The zero-order chi connectivity index (χ0) is 13.0. The Balaban J connectivity index is 1.87. The van der Waals surface area contributed by atoms with E-state index in [-0.39, 0.29) is 6.61 Å². The van der Waals surface area contributed by atoms with Crippen molar-refractivity contribution in [2.45, 2.75) is 26.5 Å². The highest BCUT2D eigenvalue weighted by atomic mass is 16.5. The van der Waals surface area contributed by atoms with Crippen LogP contribution in [0, 0.1) is 13.8 Å². The lowest BCUT2D eigenvalue weighted by atomic mass is 10.2. The first kappa shape index (κ1) is 12.6. The summed E-state index contributed by atoms with van der Waals surface area (Å²) in [5.41, 5.74) is 1.07. The van der Waals surface area contributed by atoms with E-state index >= 15 is 0 Å². The topological polar surface area (TPSA) is 47.3 Å². The summed E-state index contributed by atoms with van der Waals surface area (Å²) < 4.78 is 7.51. The van der Waals surface area contributed by atoms with E-state index in [1.165, 1.54) is 0 Å². The molecule has 0 aliphatic carbocycles. The molecule has 1 aromatic carbocycles. The van der Waals surface area contributed by atoms with Crippen LogP contribution in [0.2, 0.25) is 0 Å². The number of rotatable bonds is 5. The molecule has 2 rings (SSSR count). The minimum atomic E-state index is -0.544. The molecular weight excluding hydrogens is 228 g/mol. The molecule has 0 saturated carbocycles. The molecule has 1 unspecified atom stereocenters. The van der Waals surface area contributed by atoms with Gasteiger partial charge in [0, 0.05) is 12.4 Å². The molecule has 4 nitrogen and oxygen atoms in total. The molecule has 0 aliphatic heterocycles. The number of hydrogen-bond acceptors (Lipinski definition) is 3. The molecule has 0 bridgehead atoms. The number of para-hydroxylation sites is 1. The molecule has 0 amide bonds. The summed E-state index contributed by atoms with van der Waals surface area (Å²) in [5.74, 6) is 1.71. The standard InChI is InChI=1S/C14H18N2O2/c1-11-5-3-4-6-14(11)18-10-13(17)9-16-8-7-15-12(16)2/h3-8,13,17H,9-10H2,1-2H3. The van der Waals surface area contributed by atoms with Gasteiger partial charge in [0.2, 0.25) is 0 Å². The predicted molar refractivity (Wildman–Crippen MR) is 69.6 cm³/mol. The van der Waals surface area contributed by atoms with Gasteiger partial charge in [-0.05, 0) is 25.5 Å². The molecule has 4 heteroatoms. The summed E-state index contributed by atoms with van der Waals surface area (Å²) in [6.45, 7) is 4.68. The fourth-order valence-electron chi connectivity index (χ4n) is 1.78. The van der Waals surface area contributed by atoms with Crippen LogP contribution in [0.15, 0.2) is 36.7 Å². The lowest BCUT2D eigenvalue weighted by molar-refractivity contribution is 0.0916. The first-order chi connectivity index (χ1) is 8.66. The monoisotopic (exact) mass is 246 g/mol. The van der Waals surface area contributed by atoms with Crippen molar-refractivity contribution in [3.8, 4) is 5.75 Å². The summed E-state index contributed by atoms with van der Waals surface area (Å²) in [5, 5.41) is 9.92. The van der Waals surface area contributed by atoms with Crippen molar-refractivity contribution in [3.05, 3.63) is 48.0 Å². The Hall–Kier alpha value is -1.81. The van der Waals surface area contributed by atoms with Crippen LogP contribution in [0.3, 0.4) is 0 Å².